The first-order valence-corrected chi connectivity index (χ1v) is 15.7. The van der Waals surface area contributed by atoms with E-state index in [0.717, 1.165) is 34.2 Å². The molecular weight excluding hydrogens is 633 g/mol. The summed E-state index contributed by atoms with van der Waals surface area (Å²) in [4.78, 5) is 25.5. The molecule has 1 aromatic heterocycles. The fraction of sp³-hybridized carbons (Fsp3) is 0.333. The molecule has 250 valence electrons. The summed E-state index contributed by atoms with van der Waals surface area (Å²) in [7, 11) is 0. The largest absolute Gasteiger partial charge is 1.00 e. The van der Waals surface area contributed by atoms with Gasteiger partial charge in [-0.25, -0.2) is 4.98 Å². The van der Waals surface area contributed by atoms with Crippen molar-refractivity contribution >= 4 is 28.8 Å². The van der Waals surface area contributed by atoms with Gasteiger partial charge in [0.25, 0.3) is 0 Å². The number of hydrogen-bond acceptors (Lipinski definition) is 7. The van der Waals surface area contributed by atoms with E-state index in [4.69, 9.17) is 20.1 Å². The molecule has 4 aromatic rings. The Morgan fingerprint density at radius 3 is 1.49 bits per heavy atom. The number of aromatic carboxylic acids is 1. The summed E-state index contributed by atoms with van der Waals surface area (Å²) in [6.45, 7) is 20.7. The molecule has 0 amide bonds. The standard InChI is InChI=1S/C29H35N3.C10H12O4.Co/c1-18(2)24-16-20(5)12-14-28(24)30-22(7)26-10-9-11-27(32-26)23(8)31-29-15-13-21(6)17-25(29)19(3)4;1-5(2)6-3-4-7(11)9(12)8(6)10(13)14;/h9-19H,1-8H3;3-5,11-12H,1-2H3,(H,13,14);/q;;+1/p-1. The zero-order chi connectivity index (χ0) is 34.3. The summed E-state index contributed by atoms with van der Waals surface area (Å²) in [5, 5.41) is 29.2. The Bertz CT molecular complexity index is 1690. The molecule has 0 aliphatic carbocycles. The van der Waals surface area contributed by atoms with Gasteiger partial charge in [0.15, 0.2) is 11.5 Å². The van der Waals surface area contributed by atoms with Crippen molar-refractivity contribution in [2.24, 2.45) is 9.98 Å². The minimum Gasteiger partial charge on any atom is -0.545 e. The van der Waals surface area contributed by atoms with E-state index in [2.05, 4.69) is 77.9 Å². The molecule has 0 atom stereocenters. The fourth-order valence-corrected chi connectivity index (χ4v) is 5.08. The van der Waals surface area contributed by atoms with Gasteiger partial charge in [0.05, 0.1) is 40.2 Å². The molecule has 2 N–H and O–H groups in total. The van der Waals surface area contributed by atoms with E-state index in [1.807, 2.05) is 32.0 Å². The van der Waals surface area contributed by atoms with Gasteiger partial charge in [-0.15, -0.1) is 0 Å². The zero-order valence-electron chi connectivity index (χ0n) is 29.0. The number of carboxylic acids is 1. The van der Waals surface area contributed by atoms with Crippen molar-refractivity contribution in [3.8, 4) is 11.5 Å². The SMILES string of the molecule is CC(=Nc1ccc(C)cc1C(C)C)c1cccc(C(C)=Nc2ccc(C)cc2C(C)C)n1.CC(C)c1ccc(O)c(O)c1C(=O)[O-].[Co+]. The second-order valence-corrected chi connectivity index (χ2v) is 12.6. The zero-order valence-corrected chi connectivity index (χ0v) is 30.0. The van der Waals surface area contributed by atoms with Crippen molar-refractivity contribution in [2.75, 3.05) is 0 Å². The van der Waals surface area contributed by atoms with E-state index >= 15 is 0 Å². The van der Waals surface area contributed by atoms with Crippen LogP contribution < -0.4 is 5.11 Å². The van der Waals surface area contributed by atoms with Crippen molar-refractivity contribution in [1.29, 1.82) is 0 Å². The number of pyridine rings is 1. The van der Waals surface area contributed by atoms with Gasteiger partial charge in [0, 0.05) is 5.56 Å². The van der Waals surface area contributed by atoms with E-state index in [1.54, 1.807) is 13.8 Å². The maximum Gasteiger partial charge on any atom is 1.00 e. The maximum absolute atomic E-state index is 10.7. The number of hydrogen-bond donors (Lipinski definition) is 2. The van der Waals surface area contributed by atoms with Crippen LogP contribution in [0, 0.1) is 13.8 Å². The van der Waals surface area contributed by atoms with Crippen LogP contribution >= 0.6 is 0 Å². The van der Waals surface area contributed by atoms with Gasteiger partial charge in [-0.05, 0) is 92.5 Å². The van der Waals surface area contributed by atoms with E-state index < -0.39 is 17.5 Å². The molecule has 0 saturated carbocycles. The molecule has 0 aliphatic rings. The maximum atomic E-state index is 10.7. The number of aliphatic imine (C=N–C) groups is 2. The van der Waals surface area contributed by atoms with Crippen molar-refractivity contribution in [3.05, 3.63) is 111 Å². The molecule has 0 fully saturated rings. The Morgan fingerprint density at radius 2 is 1.11 bits per heavy atom. The van der Waals surface area contributed by atoms with Crippen LogP contribution in [0.15, 0.2) is 76.7 Å². The molecule has 3 aromatic carbocycles. The Morgan fingerprint density at radius 1 is 0.681 bits per heavy atom. The number of carboxylic acid groups (broad SMARTS) is 1. The molecule has 0 spiro atoms. The molecule has 47 heavy (non-hydrogen) atoms. The van der Waals surface area contributed by atoms with Crippen LogP contribution in [0.2, 0.25) is 0 Å². The average molecular weight is 680 g/mol. The number of aromatic nitrogens is 1. The Hall–Kier alpha value is -4.27. The number of carbonyl (C=O) groups is 1. The Kier molecular flexibility index (Phi) is 14.1. The summed E-state index contributed by atoms with van der Waals surface area (Å²) >= 11 is 0. The first-order valence-electron chi connectivity index (χ1n) is 15.7. The number of carbonyl (C=O) groups excluding carboxylic acids is 1. The smallest absolute Gasteiger partial charge is 0.545 e. The summed E-state index contributed by atoms with van der Waals surface area (Å²) in [5.74, 6) is -1.79. The molecule has 7 nitrogen and oxygen atoms in total. The predicted octanol–water partition coefficient (Wildman–Crippen LogP) is 8.81. The van der Waals surface area contributed by atoms with E-state index in [-0.39, 0.29) is 28.3 Å². The third-order valence-electron chi connectivity index (χ3n) is 7.69. The van der Waals surface area contributed by atoms with Crippen LogP contribution in [-0.4, -0.2) is 32.6 Å². The minimum absolute atomic E-state index is 0. The van der Waals surface area contributed by atoms with Crippen LogP contribution in [0.4, 0.5) is 11.4 Å². The van der Waals surface area contributed by atoms with Crippen LogP contribution in [0.5, 0.6) is 11.5 Å². The number of phenols is 2. The predicted molar refractivity (Wildman–Crippen MR) is 187 cm³/mol. The van der Waals surface area contributed by atoms with E-state index in [1.165, 1.54) is 34.4 Å². The first kappa shape index (κ1) is 38.9. The van der Waals surface area contributed by atoms with Gasteiger partial charge >= 0.3 is 16.8 Å². The van der Waals surface area contributed by atoms with Crippen LogP contribution in [0.25, 0.3) is 0 Å². The van der Waals surface area contributed by atoms with Crippen molar-refractivity contribution in [2.45, 2.75) is 87.0 Å². The molecule has 8 heteroatoms. The molecule has 0 unspecified atom stereocenters. The summed E-state index contributed by atoms with van der Waals surface area (Å²) in [5.41, 5.74) is 10.7. The molecule has 0 aliphatic heterocycles. The van der Waals surface area contributed by atoms with Crippen LogP contribution in [0.1, 0.15) is 123 Å². The third-order valence-corrected chi connectivity index (χ3v) is 7.69. The second kappa shape index (κ2) is 17.0. The van der Waals surface area contributed by atoms with Crippen molar-refractivity contribution < 1.29 is 36.9 Å². The average Bonchev–Trinajstić information content (AvgIpc) is 3.00. The Balaban J connectivity index is 0.000000431. The fourth-order valence-electron chi connectivity index (χ4n) is 5.08. The van der Waals surface area contributed by atoms with Crippen LogP contribution in [-0.2, 0) is 16.8 Å². The van der Waals surface area contributed by atoms with Gasteiger partial charge in [-0.3, -0.25) is 9.98 Å². The summed E-state index contributed by atoms with van der Waals surface area (Å²) < 4.78 is 0. The van der Waals surface area contributed by atoms with Crippen molar-refractivity contribution in [3.63, 3.8) is 0 Å². The van der Waals surface area contributed by atoms with E-state index in [9.17, 15) is 15.0 Å². The number of aromatic hydroxyl groups is 2. The van der Waals surface area contributed by atoms with E-state index in [0.29, 0.717) is 17.4 Å². The summed E-state index contributed by atoms with van der Waals surface area (Å²) in [6, 6.07) is 21.7. The first-order chi connectivity index (χ1) is 21.6. The molecule has 1 heterocycles. The van der Waals surface area contributed by atoms with Gasteiger partial charge in [-0.2, -0.15) is 0 Å². The number of rotatable bonds is 8. The van der Waals surface area contributed by atoms with Crippen molar-refractivity contribution in [1.82, 2.24) is 4.98 Å². The molecular formula is C39H46CoN3O4. The number of benzene rings is 3. The number of phenolic OH excluding ortho intramolecular Hbond substituents is 1. The topological polar surface area (TPSA) is 118 Å². The number of aryl methyl sites for hydroxylation is 2. The van der Waals surface area contributed by atoms with Gasteiger partial charge in [0.2, 0.25) is 0 Å². The molecule has 4 rings (SSSR count). The molecule has 0 bridgehead atoms. The van der Waals surface area contributed by atoms with Gasteiger partial charge < -0.3 is 20.1 Å². The third kappa shape index (κ3) is 10.1. The Labute approximate surface area is 289 Å². The molecule has 0 saturated heterocycles. The monoisotopic (exact) mass is 679 g/mol. The van der Waals surface area contributed by atoms with Crippen LogP contribution in [0.3, 0.4) is 0 Å². The quantitative estimate of drug-likeness (QED) is 0.143. The number of nitrogens with zero attached hydrogens (tertiary/aromatic N) is 3. The minimum atomic E-state index is -1.48. The van der Waals surface area contributed by atoms with Gasteiger partial charge in [0.1, 0.15) is 0 Å². The summed E-state index contributed by atoms with van der Waals surface area (Å²) in [6.07, 6.45) is 0. The molecule has 0 radical (unpaired) electrons. The normalized spacial score (nSPS) is 11.8. The second-order valence-electron chi connectivity index (χ2n) is 12.6. The van der Waals surface area contributed by atoms with Gasteiger partial charge in [-0.1, -0.05) is 89.1 Å².